The summed E-state index contributed by atoms with van der Waals surface area (Å²) in [7, 11) is 1.55. The van der Waals surface area contributed by atoms with Gasteiger partial charge in [0, 0.05) is 17.6 Å². The molecule has 4 aromatic rings. The lowest BCUT2D eigenvalue weighted by Crippen LogP contribution is -2.29. The number of nitrogens with zero attached hydrogens (tertiary/aromatic N) is 3. The van der Waals surface area contributed by atoms with Crippen molar-refractivity contribution in [2.45, 2.75) is 12.2 Å². The average molecular weight is 455 g/mol. The van der Waals surface area contributed by atoms with Gasteiger partial charge in [0.2, 0.25) is 0 Å². The van der Waals surface area contributed by atoms with Gasteiger partial charge in [-0.2, -0.15) is 14.0 Å². The maximum absolute atomic E-state index is 13.1. The lowest BCUT2D eigenvalue weighted by Gasteiger charge is -2.26. The van der Waals surface area contributed by atoms with Crippen LogP contribution in [0.15, 0.2) is 72.3 Å². The maximum atomic E-state index is 13.1. The Labute approximate surface area is 193 Å². The van der Waals surface area contributed by atoms with Crippen molar-refractivity contribution in [2.24, 2.45) is 0 Å². The van der Waals surface area contributed by atoms with Crippen molar-refractivity contribution >= 4 is 34.3 Å². The normalized spacial score (nSPS) is 17.8. The van der Waals surface area contributed by atoms with Crippen LogP contribution in [0.3, 0.4) is 0 Å². The summed E-state index contributed by atoms with van der Waals surface area (Å²) in [5.41, 5.74) is 4.43. The smallest absolute Gasteiger partial charge is 0.342 e. The minimum Gasteiger partial charge on any atom is -0.497 e. The van der Waals surface area contributed by atoms with Crippen LogP contribution in [0, 0.1) is 11.3 Å². The highest BCUT2D eigenvalue weighted by Gasteiger charge is 2.48. The van der Waals surface area contributed by atoms with Crippen LogP contribution in [0.4, 0.5) is 0 Å². The molecule has 0 saturated carbocycles. The predicted molar refractivity (Wildman–Crippen MR) is 122 cm³/mol. The molecule has 1 N–H and O–H groups in total. The van der Waals surface area contributed by atoms with Crippen LogP contribution in [0.1, 0.15) is 22.3 Å². The van der Waals surface area contributed by atoms with E-state index in [1.54, 1.807) is 73.8 Å². The molecule has 33 heavy (non-hydrogen) atoms. The molecule has 3 aromatic carbocycles. The summed E-state index contributed by atoms with van der Waals surface area (Å²) < 4.78 is 19.3. The van der Waals surface area contributed by atoms with E-state index in [1.165, 1.54) is 0 Å². The zero-order chi connectivity index (χ0) is 23.0. The molecule has 5 rings (SSSR count). The number of aromatic nitrogens is 2. The van der Waals surface area contributed by atoms with E-state index in [0.29, 0.717) is 33.5 Å². The van der Waals surface area contributed by atoms with Crippen molar-refractivity contribution in [3.8, 4) is 11.8 Å². The van der Waals surface area contributed by atoms with Gasteiger partial charge in [0.05, 0.1) is 36.0 Å². The number of carbonyl (C=O) groups excluding carboxylic acids is 1. The Kier molecular flexibility index (Phi) is 5.13. The largest absolute Gasteiger partial charge is 0.497 e. The number of nitriles is 1. The van der Waals surface area contributed by atoms with E-state index in [4.69, 9.17) is 14.7 Å². The molecule has 1 aromatic heterocycles. The molecule has 162 valence electrons. The molecule has 0 saturated heterocycles. The van der Waals surface area contributed by atoms with Crippen LogP contribution >= 0.6 is 11.7 Å². The second-order valence-electron chi connectivity index (χ2n) is 7.57. The molecule has 0 aliphatic carbocycles. The molecule has 7 nitrogen and oxygen atoms in total. The number of rotatable bonds is 5. The van der Waals surface area contributed by atoms with Gasteiger partial charge in [-0.1, -0.05) is 18.2 Å². The van der Waals surface area contributed by atoms with Gasteiger partial charge in [-0.25, -0.2) is 4.79 Å². The molecule has 1 atom stereocenters. The van der Waals surface area contributed by atoms with Gasteiger partial charge in [0.25, 0.3) is 5.79 Å². The van der Waals surface area contributed by atoms with E-state index in [9.17, 15) is 9.90 Å². The highest BCUT2D eigenvalue weighted by atomic mass is 32.1. The van der Waals surface area contributed by atoms with Gasteiger partial charge in [-0.05, 0) is 59.7 Å². The van der Waals surface area contributed by atoms with E-state index in [2.05, 4.69) is 14.8 Å². The summed E-state index contributed by atoms with van der Waals surface area (Å²) in [6.45, 7) is 0. The average Bonchev–Trinajstić information content (AvgIpc) is 3.41. The topological polar surface area (TPSA) is 105 Å². The van der Waals surface area contributed by atoms with Crippen molar-refractivity contribution in [3.63, 3.8) is 0 Å². The summed E-state index contributed by atoms with van der Waals surface area (Å²) in [6.07, 6.45) is 0.239. The molecule has 2 heterocycles. The number of benzene rings is 3. The van der Waals surface area contributed by atoms with Crippen LogP contribution < -0.4 is 4.74 Å². The minimum atomic E-state index is -1.96. The number of fused-ring (bicyclic) bond motifs is 1. The third-order valence-corrected chi connectivity index (χ3v) is 6.20. The molecule has 1 unspecified atom stereocenters. The van der Waals surface area contributed by atoms with Crippen molar-refractivity contribution in [1.82, 2.24) is 8.75 Å². The standard InChI is InChI=1S/C25H17N3O4S/c1-31-19-9-7-18(8-10-19)25(30)20(12-15-2-4-16(14-26)5-3-15)23(24(29)32-25)17-6-11-21-22(13-17)28-33-27-21/h2-11,13,30H,12H2,1H3. The fourth-order valence-corrected chi connectivity index (χ4v) is 4.45. The van der Waals surface area contributed by atoms with Crippen LogP contribution in [-0.4, -0.2) is 26.9 Å². The van der Waals surface area contributed by atoms with Gasteiger partial charge in [0.1, 0.15) is 16.8 Å². The van der Waals surface area contributed by atoms with Crippen LogP contribution in [0.5, 0.6) is 5.75 Å². The molecular formula is C25H17N3O4S. The quantitative estimate of drug-likeness (QED) is 0.454. The van der Waals surface area contributed by atoms with Crippen molar-refractivity contribution in [1.29, 1.82) is 5.26 Å². The monoisotopic (exact) mass is 455 g/mol. The Bertz CT molecular complexity index is 1440. The lowest BCUT2D eigenvalue weighted by molar-refractivity contribution is -0.185. The maximum Gasteiger partial charge on any atom is 0.342 e. The number of ether oxygens (including phenoxy) is 2. The molecular weight excluding hydrogens is 438 g/mol. The summed E-state index contributed by atoms with van der Waals surface area (Å²) in [5, 5.41) is 20.8. The fraction of sp³-hybridized carbons (Fsp3) is 0.120. The molecule has 8 heteroatoms. The first-order chi connectivity index (χ1) is 16.0. The van der Waals surface area contributed by atoms with E-state index >= 15 is 0 Å². The van der Waals surface area contributed by atoms with Gasteiger partial charge >= 0.3 is 5.97 Å². The second kappa shape index (κ2) is 8.13. The summed E-state index contributed by atoms with van der Waals surface area (Å²) in [4.78, 5) is 13.1. The molecule has 1 aliphatic rings. The van der Waals surface area contributed by atoms with Crippen LogP contribution in [0.25, 0.3) is 16.6 Å². The van der Waals surface area contributed by atoms with Gasteiger partial charge in [-0.15, -0.1) is 0 Å². The summed E-state index contributed by atoms with van der Waals surface area (Å²) >= 11 is 1.09. The van der Waals surface area contributed by atoms with E-state index in [1.807, 2.05) is 0 Å². The van der Waals surface area contributed by atoms with Gasteiger partial charge in [-0.3, -0.25) is 0 Å². The molecule has 1 aliphatic heterocycles. The summed E-state index contributed by atoms with van der Waals surface area (Å²) in [6, 6.07) is 21.2. The first-order valence-electron chi connectivity index (χ1n) is 10.1. The Balaban J connectivity index is 1.68. The second-order valence-corrected chi connectivity index (χ2v) is 8.10. The van der Waals surface area contributed by atoms with Gasteiger partial charge < -0.3 is 14.6 Å². The number of hydrogen-bond acceptors (Lipinski definition) is 8. The number of carbonyl (C=O) groups is 1. The van der Waals surface area contributed by atoms with Crippen molar-refractivity contribution in [2.75, 3.05) is 7.11 Å². The molecule has 0 bridgehead atoms. The fourth-order valence-electron chi connectivity index (χ4n) is 3.93. The lowest BCUT2D eigenvalue weighted by atomic mass is 9.88. The molecule has 0 fully saturated rings. The predicted octanol–water partition coefficient (Wildman–Crippen LogP) is 3.97. The third kappa shape index (κ3) is 3.63. The zero-order valence-electron chi connectivity index (χ0n) is 17.5. The van der Waals surface area contributed by atoms with E-state index in [-0.39, 0.29) is 12.0 Å². The number of hydrogen-bond donors (Lipinski definition) is 1. The zero-order valence-corrected chi connectivity index (χ0v) is 18.3. The van der Waals surface area contributed by atoms with E-state index < -0.39 is 11.8 Å². The first-order valence-corrected chi connectivity index (χ1v) is 10.8. The Morgan fingerprint density at radius 2 is 1.79 bits per heavy atom. The van der Waals surface area contributed by atoms with Crippen LogP contribution in [0.2, 0.25) is 0 Å². The van der Waals surface area contributed by atoms with Gasteiger partial charge in [0.15, 0.2) is 0 Å². The number of cyclic esters (lactones) is 1. The van der Waals surface area contributed by atoms with E-state index in [0.717, 1.165) is 22.8 Å². The highest BCUT2D eigenvalue weighted by molar-refractivity contribution is 7.00. The van der Waals surface area contributed by atoms with Crippen LogP contribution in [-0.2, 0) is 21.7 Å². The Hall–Kier alpha value is -4.06. The Morgan fingerprint density at radius 3 is 2.48 bits per heavy atom. The molecule has 0 radical (unpaired) electrons. The van der Waals surface area contributed by atoms with Crippen molar-refractivity contribution < 1.29 is 19.4 Å². The minimum absolute atomic E-state index is 0.239. The Morgan fingerprint density at radius 1 is 1.06 bits per heavy atom. The van der Waals surface area contributed by atoms with Crippen molar-refractivity contribution in [3.05, 3.63) is 94.6 Å². The SMILES string of the molecule is COc1ccc(C2(O)OC(=O)C(c3ccc4nsnc4c3)=C2Cc2ccc(C#N)cc2)cc1. The molecule has 0 spiro atoms. The number of methoxy groups -OCH3 is 1. The molecule has 0 amide bonds. The summed E-state index contributed by atoms with van der Waals surface area (Å²) in [5.74, 6) is -1.97. The highest BCUT2D eigenvalue weighted by Crippen LogP contribution is 2.45. The first kappa shape index (κ1) is 20.8. The third-order valence-electron chi connectivity index (χ3n) is 5.64. The number of esters is 1. The number of aliphatic hydroxyl groups is 1.